The van der Waals surface area contributed by atoms with Gasteiger partial charge in [-0.2, -0.15) is 0 Å². The third-order valence-electron chi connectivity index (χ3n) is 3.34. The van der Waals surface area contributed by atoms with Crippen molar-refractivity contribution in [3.8, 4) is 11.5 Å². The van der Waals surface area contributed by atoms with Crippen LogP contribution < -0.4 is 0 Å². The van der Waals surface area contributed by atoms with Gasteiger partial charge in [0.15, 0.2) is 11.5 Å². The average Bonchev–Trinajstić information content (AvgIpc) is 2.32. The van der Waals surface area contributed by atoms with E-state index in [0.29, 0.717) is 6.54 Å². The molecule has 0 radical (unpaired) electrons. The maximum Gasteiger partial charge on any atom is 0.258 e. The van der Waals surface area contributed by atoms with E-state index < -0.39 is 0 Å². The number of piperazine rings is 1. The van der Waals surface area contributed by atoms with Crippen LogP contribution in [0.2, 0.25) is 0 Å². The molecule has 1 aromatic carbocycles. The number of carbonyl (C=O) groups excluding carboxylic acids is 1. The molecule has 2 N–H and O–H groups in total. The topological polar surface area (TPSA) is 64.0 Å². The second-order valence-corrected chi connectivity index (χ2v) is 4.78. The number of para-hydroxylation sites is 1. The Labute approximate surface area is 106 Å². The molecule has 0 bridgehead atoms. The smallest absolute Gasteiger partial charge is 0.258 e. The molecule has 1 fully saturated rings. The lowest BCUT2D eigenvalue weighted by Crippen LogP contribution is -2.52. The number of hydrogen-bond donors (Lipinski definition) is 2. The zero-order chi connectivity index (χ0) is 13.3. The summed E-state index contributed by atoms with van der Waals surface area (Å²) in [7, 11) is 2.02. The Morgan fingerprint density at radius 1 is 1.33 bits per heavy atom. The molecule has 98 valence electrons. The molecule has 1 atom stereocenters. The molecule has 18 heavy (non-hydrogen) atoms. The molecule has 0 aromatic heterocycles. The van der Waals surface area contributed by atoms with E-state index in [9.17, 15) is 15.0 Å². The Morgan fingerprint density at radius 3 is 2.72 bits per heavy atom. The highest BCUT2D eigenvalue weighted by molar-refractivity contribution is 5.97. The van der Waals surface area contributed by atoms with Gasteiger partial charge in [0.05, 0.1) is 5.56 Å². The fourth-order valence-electron chi connectivity index (χ4n) is 2.30. The van der Waals surface area contributed by atoms with Crippen molar-refractivity contribution in [1.82, 2.24) is 9.80 Å². The second kappa shape index (κ2) is 4.86. The van der Waals surface area contributed by atoms with Crippen LogP contribution in [0.4, 0.5) is 0 Å². The van der Waals surface area contributed by atoms with E-state index >= 15 is 0 Å². The minimum atomic E-state index is -0.339. The van der Waals surface area contributed by atoms with Crippen LogP contribution in [-0.4, -0.2) is 58.6 Å². The largest absolute Gasteiger partial charge is 0.504 e. The predicted octanol–water partition coefficient (Wildman–Crippen LogP) is 0.874. The summed E-state index contributed by atoms with van der Waals surface area (Å²) in [4.78, 5) is 16.2. The van der Waals surface area contributed by atoms with Gasteiger partial charge in [0.1, 0.15) is 0 Å². The van der Waals surface area contributed by atoms with Gasteiger partial charge in [-0.05, 0) is 26.1 Å². The quantitative estimate of drug-likeness (QED) is 0.726. The molecule has 1 unspecified atom stereocenters. The van der Waals surface area contributed by atoms with Crippen LogP contribution in [0.25, 0.3) is 0 Å². The van der Waals surface area contributed by atoms with E-state index in [0.717, 1.165) is 13.1 Å². The maximum absolute atomic E-state index is 12.3. The third kappa shape index (κ3) is 2.26. The predicted molar refractivity (Wildman–Crippen MR) is 67.8 cm³/mol. The zero-order valence-electron chi connectivity index (χ0n) is 10.6. The molecular weight excluding hydrogens is 232 g/mol. The Balaban J connectivity index is 2.23. The van der Waals surface area contributed by atoms with Gasteiger partial charge in [0.2, 0.25) is 0 Å². The van der Waals surface area contributed by atoms with E-state index in [1.165, 1.54) is 12.1 Å². The summed E-state index contributed by atoms with van der Waals surface area (Å²) in [6.45, 7) is 4.24. The van der Waals surface area contributed by atoms with Crippen LogP contribution >= 0.6 is 0 Å². The van der Waals surface area contributed by atoms with Crippen molar-refractivity contribution in [3.05, 3.63) is 23.8 Å². The lowest BCUT2D eigenvalue weighted by molar-refractivity contribution is 0.0530. The fraction of sp³-hybridized carbons (Fsp3) is 0.462. The highest BCUT2D eigenvalue weighted by atomic mass is 16.3. The van der Waals surface area contributed by atoms with Crippen molar-refractivity contribution in [2.24, 2.45) is 0 Å². The Hall–Kier alpha value is -1.75. The van der Waals surface area contributed by atoms with Crippen molar-refractivity contribution in [1.29, 1.82) is 0 Å². The Kier molecular flexibility index (Phi) is 3.43. The summed E-state index contributed by atoms with van der Waals surface area (Å²) in [6.07, 6.45) is 0. The number of aromatic hydroxyl groups is 2. The molecule has 1 saturated heterocycles. The van der Waals surface area contributed by atoms with Crippen molar-refractivity contribution in [3.63, 3.8) is 0 Å². The van der Waals surface area contributed by atoms with Crippen molar-refractivity contribution in [2.75, 3.05) is 26.7 Å². The number of phenols is 2. The van der Waals surface area contributed by atoms with E-state index in [1.807, 2.05) is 14.0 Å². The number of carbonyl (C=O) groups is 1. The molecule has 0 spiro atoms. The number of phenolic OH excluding ortho intramolecular Hbond substituents is 2. The molecule has 0 saturated carbocycles. The minimum Gasteiger partial charge on any atom is -0.504 e. The number of rotatable bonds is 1. The van der Waals surface area contributed by atoms with E-state index in [4.69, 9.17) is 0 Å². The first-order chi connectivity index (χ1) is 8.50. The highest BCUT2D eigenvalue weighted by Gasteiger charge is 2.28. The Morgan fingerprint density at radius 2 is 2.06 bits per heavy atom. The van der Waals surface area contributed by atoms with E-state index in [2.05, 4.69) is 4.90 Å². The standard InChI is InChI=1S/C13H18N2O3/c1-9-8-14(2)6-7-15(9)13(18)10-4-3-5-11(16)12(10)17/h3-5,9,16-17H,6-8H2,1-2H3. The van der Waals surface area contributed by atoms with Crippen molar-refractivity contribution >= 4 is 5.91 Å². The normalized spacial score (nSPS) is 21.0. The van der Waals surface area contributed by atoms with Crippen molar-refractivity contribution < 1.29 is 15.0 Å². The summed E-state index contributed by atoms with van der Waals surface area (Å²) in [5, 5.41) is 19.2. The lowest BCUT2D eigenvalue weighted by atomic mass is 10.1. The number of benzene rings is 1. The van der Waals surface area contributed by atoms with Crippen LogP contribution in [0.5, 0.6) is 11.5 Å². The molecular formula is C13H18N2O3. The zero-order valence-corrected chi connectivity index (χ0v) is 10.6. The summed E-state index contributed by atoms with van der Waals surface area (Å²) >= 11 is 0. The van der Waals surface area contributed by atoms with Gasteiger partial charge in [-0.15, -0.1) is 0 Å². The van der Waals surface area contributed by atoms with Crippen LogP contribution in [-0.2, 0) is 0 Å². The first kappa shape index (κ1) is 12.7. The molecule has 5 heteroatoms. The maximum atomic E-state index is 12.3. The Bertz CT molecular complexity index is 462. The molecule has 1 heterocycles. The van der Waals surface area contributed by atoms with Crippen molar-refractivity contribution in [2.45, 2.75) is 13.0 Å². The first-order valence-electron chi connectivity index (χ1n) is 6.01. The monoisotopic (exact) mass is 250 g/mol. The van der Waals surface area contributed by atoms with Crippen LogP contribution in [0.1, 0.15) is 17.3 Å². The van der Waals surface area contributed by atoms with Crippen LogP contribution in [0.3, 0.4) is 0 Å². The van der Waals surface area contributed by atoms with Gasteiger partial charge in [-0.3, -0.25) is 4.79 Å². The third-order valence-corrected chi connectivity index (χ3v) is 3.34. The van der Waals surface area contributed by atoms with E-state index in [-0.39, 0.29) is 29.0 Å². The molecule has 1 aliphatic rings. The molecule has 1 amide bonds. The summed E-state index contributed by atoms with van der Waals surface area (Å²) in [6, 6.07) is 4.54. The molecule has 2 rings (SSSR count). The molecule has 0 aliphatic carbocycles. The molecule has 1 aromatic rings. The average molecular weight is 250 g/mol. The highest BCUT2D eigenvalue weighted by Crippen LogP contribution is 2.29. The molecule has 5 nitrogen and oxygen atoms in total. The van der Waals surface area contributed by atoms with Gasteiger partial charge in [-0.25, -0.2) is 0 Å². The number of nitrogens with zero attached hydrogens (tertiary/aromatic N) is 2. The number of likely N-dealkylation sites (N-methyl/N-ethyl adjacent to an activating group) is 1. The SMILES string of the molecule is CC1CN(C)CCN1C(=O)c1cccc(O)c1O. The number of amides is 1. The lowest BCUT2D eigenvalue weighted by Gasteiger charge is -2.38. The van der Waals surface area contributed by atoms with Gasteiger partial charge in [-0.1, -0.05) is 6.07 Å². The molecule has 1 aliphatic heterocycles. The summed E-state index contributed by atoms with van der Waals surface area (Å²) in [5.41, 5.74) is 0.159. The van der Waals surface area contributed by atoms with Crippen LogP contribution in [0.15, 0.2) is 18.2 Å². The van der Waals surface area contributed by atoms with Gasteiger partial charge in [0.25, 0.3) is 5.91 Å². The number of hydrogen-bond acceptors (Lipinski definition) is 4. The summed E-state index contributed by atoms with van der Waals surface area (Å²) < 4.78 is 0. The van der Waals surface area contributed by atoms with E-state index in [1.54, 1.807) is 11.0 Å². The van der Waals surface area contributed by atoms with Gasteiger partial charge >= 0.3 is 0 Å². The minimum absolute atomic E-state index is 0.0954. The first-order valence-corrected chi connectivity index (χ1v) is 6.01. The van der Waals surface area contributed by atoms with Gasteiger partial charge in [0, 0.05) is 25.7 Å². The summed E-state index contributed by atoms with van der Waals surface area (Å²) in [5.74, 6) is -0.833. The fourth-order valence-corrected chi connectivity index (χ4v) is 2.30. The van der Waals surface area contributed by atoms with Gasteiger partial charge < -0.3 is 20.0 Å². The second-order valence-electron chi connectivity index (χ2n) is 4.78. The van der Waals surface area contributed by atoms with Crippen LogP contribution in [0, 0.1) is 0 Å².